The number of hydrogen-bond donors (Lipinski definition) is 1. The molecule has 1 saturated heterocycles. The van der Waals surface area contributed by atoms with Crippen LogP contribution in [0.5, 0.6) is 0 Å². The third-order valence-electron chi connectivity index (χ3n) is 4.46. The first-order valence-electron chi connectivity index (χ1n) is 7.28. The van der Waals surface area contributed by atoms with Crippen molar-refractivity contribution in [2.75, 3.05) is 24.5 Å². The molecule has 1 fully saturated rings. The van der Waals surface area contributed by atoms with Gasteiger partial charge in [-0.15, -0.1) is 0 Å². The van der Waals surface area contributed by atoms with Crippen LogP contribution in [0.15, 0.2) is 22.7 Å². The van der Waals surface area contributed by atoms with Crippen LogP contribution < -0.4 is 10.2 Å². The minimum absolute atomic E-state index is 0.0305. The molecule has 1 N–H and O–H groups in total. The number of hydrogen-bond acceptors (Lipinski definition) is 2. The van der Waals surface area contributed by atoms with Gasteiger partial charge in [0, 0.05) is 28.5 Å². The summed E-state index contributed by atoms with van der Waals surface area (Å²) in [7, 11) is 0. The van der Waals surface area contributed by atoms with Gasteiger partial charge in [-0.1, -0.05) is 29.8 Å². The third kappa shape index (κ3) is 2.51. The highest BCUT2D eigenvalue weighted by Crippen LogP contribution is 2.42. The molecule has 1 aromatic rings. The van der Waals surface area contributed by atoms with Crippen LogP contribution in [0.1, 0.15) is 32.3 Å². The maximum absolute atomic E-state index is 12.6. The Morgan fingerprint density at radius 1 is 1.50 bits per heavy atom. The van der Waals surface area contributed by atoms with Crippen LogP contribution in [0.3, 0.4) is 0 Å². The fourth-order valence-corrected chi connectivity index (χ4v) is 3.68. The van der Waals surface area contributed by atoms with Crippen LogP contribution in [0.4, 0.5) is 5.69 Å². The lowest BCUT2D eigenvalue weighted by Gasteiger charge is -2.22. The second-order valence-electron chi connectivity index (χ2n) is 6.59. The molecule has 3 nitrogen and oxygen atoms in total. The van der Waals surface area contributed by atoms with E-state index in [0.717, 1.165) is 36.2 Å². The number of amides is 1. The highest BCUT2D eigenvalue weighted by atomic mass is 79.9. The summed E-state index contributed by atoms with van der Waals surface area (Å²) < 4.78 is 1.08. The largest absolute Gasteiger partial charge is 0.316 e. The summed E-state index contributed by atoms with van der Waals surface area (Å²) >= 11 is 3.53. The monoisotopic (exact) mass is 336 g/mol. The SMILES string of the molecule is CC1(C)CN(C(=O)C[C@H]2CCNC2)c2ccc(Br)cc21. The highest BCUT2D eigenvalue weighted by Gasteiger charge is 2.38. The first kappa shape index (κ1) is 14.1. The van der Waals surface area contributed by atoms with E-state index in [4.69, 9.17) is 0 Å². The molecule has 0 aliphatic carbocycles. The van der Waals surface area contributed by atoms with E-state index < -0.39 is 0 Å². The Morgan fingerprint density at radius 3 is 3.00 bits per heavy atom. The molecule has 0 bridgehead atoms. The number of benzene rings is 1. The molecule has 1 aromatic carbocycles. The lowest BCUT2D eigenvalue weighted by Crippen LogP contribution is -2.35. The van der Waals surface area contributed by atoms with Gasteiger partial charge in [0.25, 0.3) is 0 Å². The van der Waals surface area contributed by atoms with Crippen molar-refractivity contribution in [3.63, 3.8) is 0 Å². The summed E-state index contributed by atoms with van der Waals surface area (Å²) in [6.07, 6.45) is 1.79. The Morgan fingerprint density at radius 2 is 2.30 bits per heavy atom. The molecule has 0 aromatic heterocycles. The number of halogens is 1. The van der Waals surface area contributed by atoms with Crippen LogP contribution in [0.25, 0.3) is 0 Å². The average Bonchev–Trinajstić information content (AvgIpc) is 2.97. The van der Waals surface area contributed by atoms with Crippen LogP contribution in [0, 0.1) is 5.92 Å². The molecule has 20 heavy (non-hydrogen) atoms. The quantitative estimate of drug-likeness (QED) is 0.900. The summed E-state index contributed by atoms with van der Waals surface area (Å²) in [5.41, 5.74) is 2.39. The number of nitrogens with one attached hydrogen (secondary N) is 1. The summed E-state index contributed by atoms with van der Waals surface area (Å²) in [4.78, 5) is 14.6. The maximum Gasteiger partial charge on any atom is 0.227 e. The fraction of sp³-hybridized carbons (Fsp3) is 0.562. The van der Waals surface area contributed by atoms with Gasteiger partial charge in [0.15, 0.2) is 0 Å². The Bertz CT molecular complexity index is 535. The third-order valence-corrected chi connectivity index (χ3v) is 4.95. The van der Waals surface area contributed by atoms with Crippen LogP contribution in [0.2, 0.25) is 0 Å². The van der Waals surface area contributed by atoms with Crippen molar-refractivity contribution in [2.24, 2.45) is 5.92 Å². The number of carbonyl (C=O) groups excluding carboxylic acids is 1. The van der Waals surface area contributed by atoms with E-state index in [1.54, 1.807) is 0 Å². The predicted octanol–water partition coefficient (Wildman–Crippen LogP) is 3.07. The first-order valence-corrected chi connectivity index (χ1v) is 8.08. The van der Waals surface area contributed by atoms with Crippen molar-refractivity contribution in [1.82, 2.24) is 5.32 Å². The Labute approximate surface area is 128 Å². The van der Waals surface area contributed by atoms with Crippen molar-refractivity contribution in [3.05, 3.63) is 28.2 Å². The molecule has 1 atom stereocenters. The van der Waals surface area contributed by atoms with Gasteiger partial charge in [-0.2, -0.15) is 0 Å². The van der Waals surface area contributed by atoms with Crippen molar-refractivity contribution < 1.29 is 4.79 Å². The van der Waals surface area contributed by atoms with E-state index in [1.165, 1.54) is 5.56 Å². The number of anilines is 1. The Kier molecular flexibility index (Phi) is 3.63. The molecule has 2 aliphatic heterocycles. The molecule has 4 heteroatoms. The van der Waals surface area contributed by atoms with Gasteiger partial charge >= 0.3 is 0 Å². The van der Waals surface area contributed by atoms with Gasteiger partial charge in [0.1, 0.15) is 0 Å². The Hall–Kier alpha value is -0.870. The molecule has 108 valence electrons. The number of carbonyl (C=O) groups is 1. The zero-order valence-corrected chi connectivity index (χ0v) is 13.7. The molecule has 0 radical (unpaired) electrons. The van der Waals surface area contributed by atoms with E-state index in [1.807, 2.05) is 11.0 Å². The van der Waals surface area contributed by atoms with Crippen molar-refractivity contribution >= 4 is 27.5 Å². The minimum Gasteiger partial charge on any atom is -0.316 e. The van der Waals surface area contributed by atoms with Crippen molar-refractivity contribution in [1.29, 1.82) is 0 Å². The smallest absolute Gasteiger partial charge is 0.227 e. The van der Waals surface area contributed by atoms with Crippen molar-refractivity contribution in [2.45, 2.75) is 32.1 Å². The normalized spacial score (nSPS) is 23.9. The molecule has 2 aliphatic rings. The fourth-order valence-electron chi connectivity index (χ4n) is 3.32. The molecule has 0 spiro atoms. The maximum atomic E-state index is 12.6. The second kappa shape index (κ2) is 5.15. The standard InChI is InChI=1S/C16H21BrN2O/c1-16(2)10-19(14-4-3-12(17)8-13(14)16)15(20)7-11-5-6-18-9-11/h3-4,8,11,18H,5-7,9-10H2,1-2H3/t11-/m1/s1. The summed E-state index contributed by atoms with van der Waals surface area (Å²) in [6.45, 7) is 7.24. The topological polar surface area (TPSA) is 32.3 Å². The zero-order chi connectivity index (χ0) is 14.3. The van der Waals surface area contributed by atoms with Gasteiger partial charge < -0.3 is 10.2 Å². The predicted molar refractivity (Wildman–Crippen MR) is 85.1 cm³/mol. The van der Waals surface area contributed by atoms with E-state index >= 15 is 0 Å². The van der Waals surface area contributed by atoms with Crippen LogP contribution >= 0.6 is 15.9 Å². The number of rotatable bonds is 2. The summed E-state index contributed by atoms with van der Waals surface area (Å²) in [5, 5.41) is 3.33. The lowest BCUT2D eigenvalue weighted by atomic mass is 9.87. The highest BCUT2D eigenvalue weighted by molar-refractivity contribution is 9.10. The zero-order valence-electron chi connectivity index (χ0n) is 12.1. The average molecular weight is 337 g/mol. The molecule has 0 saturated carbocycles. The first-order chi connectivity index (χ1) is 9.47. The molecule has 0 unspecified atom stereocenters. The van der Waals surface area contributed by atoms with Crippen LogP contribution in [-0.2, 0) is 10.2 Å². The molecule has 1 amide bonds. The van der Waals surface area contributed by atoms with Gasteiger partial charge in [0.05, 0.1) is 0 Å². The van der Waals surface area contributed by atoms with Crippen LogP contribution in [-0.4, -0.2) is 25.5 Å². The molecule has 3 rings (SSSR count). The van der Waals surface area contributed by atoms with Crippen molar-refractivity contribution in [3.8, 4) is 0 Å². The number of fused-ring (bicyclic) bond motifs is 1. The van der Waals surface area contributed by atoms with Gasteiger partial charge in [-0.05, 0) is 49.2 Å². The lowest BCUT2D eigenvalue weighted by molar-refractivity contribution is -0.119. The van der Waals surface area contributed by atoms with E-state index in [9.17, 15) is 4.79 Å². The summed E-state index contributed by atoms with van der Waals surface area (Å²) in [6, 6.07) is 6.25. The van der Waals surface area contributed by atoms with E-state index in [0.29, 0.717) is 12.3 Å². The van der Waals surface area contributed by atoms with Gasteiger partial charge in [-0.3, -0.25) is 4.79 Å². The minimum atomic E-state index is 0.0305. The van der Waals surface area contributed by atoms with E-state index in [2.05, 4.69) is 47.2 Å². The number of nitrogens with zero attached hydrogens (tertiary/aromatic N) is 1. The summed E-state index contributed by atoms with van der Waals surface area (Å²) in [5.74, 6) is 0.776. The molecular weight excluding hydrogens is 316 g/mol. The molecular formula is C16H21BrN2O. The van der Waals surface area contributed by atoms with E-state index in [-0.39, 0.29) is 11.3 Å². The van der Waals surface area contributed by atoms with Gasteiger partial charge in [-0.25, -0.2) is 0 Å². The second-order valence-corrected chi connectivity index (χ2v) is 7.50. The molecule has 2 heterocycles. The Balaban J connectivity index is 1.83. The van der Waals surface area contributed by atoms with Gasteiger partial charge in [0.2, 0.25) is 5.91 Å².